The molecule has 4 aromatic rings. The zero-order valence-corrected chi connectivity index (χ0v) is 28.1. The first-order valence-corrected chi connectivity index (χ1v) is 16.1. The van der Waals surface area contributed by atoms with E-state index in [-0.39, 0.29) is 54.5 Å². The molecular weight excluding hydrogens is 630 g/mol. The van der Waals surface area contributed by atoms with Crippen molar-refractivity contribution in [2.24, 2.45) is 18.4 Å². The minimum atomic E-state index is -1.21. The molecule has 4 atom stereocenters. The summed E-state index contributed by atoms with van der Waals surface area (Å²) in [5.41, 5.74) is 0.571. The Bertz CT molecular complexity index is 2360. The monoisotopic (exact) mass is 667 g/mol. The molecule has 0 saturated heterocycles. The molecule has 3 aliphatic rings. The molecule has 1 saturated carbocycles. The highest BCUT2D eigenvalue weighted by Crippen LogP contribution is 2.60. The minimum Gasteiger partial charge on any atom is -0.507 e. The number of benzene rings is 2. The Balaban J connectivity index is 1.31. The van der Waals surface area contributed by atoms with E-state index in [0.717, 1.165) is 4.57 Å². The Kier molecular flexibility index (Phi) is 7.41. The number of ketones is 2. The van der Waals surface area contributed by atoms with Gasteiger partial charge in [-0.05, 0) is 43.1 Å². The van der Waals surface area contributed by atoms with Crippen molar-refractivity contribution in [3.63, 3.8) is 0 Å². The number of Topliss-reactive ketones (excluding diaryl/α,β-unsaturated/α-hetero) is 1. The second kappa shape index (κ2) is 11.3. The number of hydrogen-bond donors (Lipinski definition) is 1. The van der Waals surface area contributed by atoms with Crippen molar-refractivity contribution in [3.8, 4) is 17.2 Å². The predicted molar refractivity (Wildman–Crippen MR) is 179 cm³/mol. The van der Waals surface area contributed by atoms with E-state index in [1.54, 1.807) is 58.2 Å². The Morgan fingerprint density at radius 1 is 1.02 bits per heavy atom. The lowest BCUT2D eigenvalue weighted by atomic mass is 9.51. The van der Waals surface area contributed by atoms with Crippen LogP contribution in [0.1, 0.15) is 49.0 Å². The smallest absolute Gasteiger partial charge is 0.347 e. The van der Waals surface area contributed by atoms with Gasteiger partial charge in [0.05, 0.1) is 43.3 Å². The number of ether oxygens (including phenoxy) is 2. The summed E-state index contributed by atoms with van der Waals surface area (Å²) in [7, 11) is 4.61. The van der Waals surface area contributed by atoms with Crippen molar-refractivity contribution in [1.29, 1.82) is 0 Å². The molecule has 2 aliphatic carbocycles. The standard InChI is InChI=1S/C36H37N5O8/c1-18-8-7-9-21(31(18)43)30-20-10-13-40-34(46)39(35(47)41(40)25(20)15-22-32(44)19(2)14-29(42)36(22,30)3)12-11-23-33(45)38(4)26-17-28(49-6)27(48-5)16-24(26)37-23/h7-10,14,16-17,22,25,30,43H,11-13,15H2,1-6H3. The van der Waals surface area contributed by atoms with Crippen molar-refractivity contribution in [2.45, 2.75) is 58.7 Å². The van der Waals surface area contributed by atoms with Crippen LogP contribution in [0.5, 0.6) is 17.2 Å². The average Bonchev–Trinajstić information content (AvgIpc) is 3.33. The predicted octanol–water partition coefficient (Wildman–Crippen LogP) is 2.72. The maximum Gasteiger partial charge on any atom is 0.347 e. The molecular formula is C36H37N5O8. The number of aryl methyl sites for hydroxylation is 3. The highest BCUT2D eigenvalue weighted by molar-refractivity contribution is 6.13. The van der Waals surface area contributed by atoms with E-state index >= 15 is 0 Å². The topological polar surface area (TPSA) is 157 Å². The summed E-state index contributed by atoms with van der Waals surface area (Å²) in [6.45, 7) is 5.07. The van der Waals surface area contributed by atoms with E-state index in [2.05, 4.69) is 4.98 Å². The van der Waals surface area contributed by atoms with Crippen LogP contribution in [0.3, 0.4) is 0 Å². The van der Waals surface area contributed by atoms with Crippen LogP contribution < -0.4 is 26.4 Å². The van der Waals surface area contributed by atoms with E-state index in [1.807, 2.05) is 6.08 Å². The zero-order valence-electron chi connectivity index (χ0n) is 28.1. The molecule has 1 aliphatic heterocycles. The van der Waals surface area contributed by atoms with Crippen molar-refractivity contribution in [2.75, 3.05) is 14.2 Å². The summed E-state index contributed by atoms with van der Waals surface area (Å²) in [5.74, 6) is -1.03. The molecule has 13 nitrogen and oxygen atoms in total. The molecule has 13 heteroatoms. The molecule has 4 unspecified atom stereocenters. The SMILES string of the molecule is COc1cc2nc(CCn3c(=O)n4n(c3=O)C3CC5C(=O)C(C)=CC(=O)C5(C)C(c5cccc(C)c5O)C3=CC4)c(=O)n(C)c2cc1OC. The summed E-state index contributed by atoms with van der Waals surface area (Å²) in [6, 6.07) is 7.91. The molecule has 3 heterocycles. The fourth-order valence-corrected chi connectivity index (χ4v) is 8.13. The average molecular weight is 668 g/mol. The van der Waals surface area contributed by atoms with Gasteiger partial charge in [0.25, 0.3) is 5.56 Å². The van der Waals surface area contributed by atoms with Crippen molar-refractivity contribution in [1.82, 2.24) is 23.5 Å². The van der Waals surface area contributed by atoms with Crippen LogP contribution in [0.4, 0.5) is 0 Å². The number of allylic oxidation sites excluding steroid dienone is 4. The van der Waals surface area contributed by atoms with Gasteiger partial charge < -0.3 is 19.1 Å². The van der Waals surface area contributed by atoms with Crippen LogP contribution in [0.2, 0.25) is 0 Å². The number of hydrogen-bond acceptors (Lipinski definition) is 9. The maximum absolute atomic E-state index is 14.2. The van der Waals surface area contributed by atoms with Crippen molar-refractivity contribution >= 4 is 22.6 Å². The molecule has 7 rings (SSSR count). The van der Waals surface area contributed by atoms with Crippen LogP contribution in [0.15, 0.2) is 68.0 Å². The quantitative estimate of drug-likeness (QED) is 0.306. The minimum absolute atomic E-state index is 0.00146. The molecule has 0 spiro atoms. The van der Waals surface area contributed by atoms with Gasteiger partial charge in [-0.15, -0.1) is 0 Å². The third kappa shape index (κ3) is 4.51. The molecule has 0 amide bonds. The number of nitrogens with zero attached hydrogens (tertiary/aromatic N) is 5. The lowest BCUT2D eigenvalue weighted by Crippen LogP contribution is -2.54. The van der Waals surface area contributed by atoms with Crippen LogP contribution >= 0.6 is 0 Å². The van der Waals surface area contributed by atoms with Gasteiger partial charge in [0.15, 0.2) is 23.1 Å². The van der Waals surface area contributed by atoms with E-state index in [9.17, 15) is 29.1 Å². The number of phenolic OH excluding ortho intramolecular Hbond substituents is 1. The molecule has 2 aromatic carbocycles. The van der Waals surface area contributed by atoms with Gasteiger partial charge in [-0.2, -0.15) is 0 Å². The number of para-hydroxylation sites is 1. The number of carbonyl (C=O) groups is 2. The number of rotatable bonds is 6. The zero-order chi connectivity index (χ0) is 35.1. The lowest BCUT2D eigenvalue weighted by molar-refractivity contribution is -0.139. The molecule has 0 bridgehead atoms. The van der Waals surface area contributed by atoms with Gasteiger partial charge in [0.1, 0.15) is 11.4 Å². The molecule has 2 aromatic heterocycles. The number of phenols is 1. The summed E-state index contributed by atoms with van der Waals surface area (Å²) >= 11 is 0. The van der Waals surface area contributed by atoms with E-state index in [0.29, 0.717) is 44.8 Å². The molecule has 0 radical (unpaired) electrons. The van der Waals surface area contributed by atoms with E-state index in [4.69, 9.17) is 9.47 Å². The van der Waals surface area contributed by atoms with Gasteiger partial charge in [-0.1, -0.05) is 31.2 Å². The first-order valence-electron chi connectivity index (χ1n) is 16.1. The Morgan fingerprint density at radius 3 is 2.45 bits per heavy atom. The van der Waals surface area contributed by atoms with Gasteiger partial charge >= 0.3 is 11.4 Å². The van der Waals surface area contributed by atoms with Crippen molar-refractivity contribution < 1.29 is 24.2 Å². The second-order valence-electron chi connectivity index (χ2n) is 13.3. The summed E-state index contributed by atoms with van der Waals surface area (Å²) < 4.78 is 16.0. The van der Waals surface area contributed by atoms with Crippen LogP contribution in [0.25, 0.3) is 11.0 Å². The molecule has 1 fully saturated rings. The van der Waals surface area contributed by atoms with Crippen molar-refractivity contribution in [3.05, 3.63) is 102 Å². The fourth-order valence-electron chi connectivity index (χ4n) is 8.13. The Labute approximate surface area is 280 Å². The fraction of sp³-hybridized carbons (Fsp3) is 0.389. The highest BCUT2D eigenvalue weighted by atomic mass is 16.5. The number of methoxy groups -OCH3 is 2. The first-order chi connectivity index (χ1) is 23.3. The van der Waals surface area contributed by atoms with E-state index < -0.39 is 34.7 Å². The lowest BCUT2D eigenvalue weighted by Gasteiger charge is -2.52. The van der Waals surface area contributed by atoms with Gasteiger partial charge in [-0.3, -0.25) is 14.4 Å². The number of aromatic hydroxyl groups is 1. The van der Waals surface area contributed by atoms with E-state index in [1.165, 1.54) is 34.2 Å². The number of aromatic nitrogens is 5. The molecule has 254 valence electrons. The number of fused-ring (bicyclic) bond motifs is 5. The Hall–Kier alpha value is -5.46. The summed E-state index contributed by atoms with van der Waals surface area (Å²) in [4.78, 5) is 73.5. The summed E-state index contributed by atoms with van der Waals surface area (Å²) in [6.07, 6.45) is 3.36. The second-order valence-corrected chi connectivity index (χ2v) is 13.3. The normalized spacial score (nSPS) is 23.0. The largest absolute Gasteiger partial charge is 0.507 e. The maximum atomic E-state index is 14.2. The van der Waals surface area contributed by atoms with Gasteiger partial charge in [0.2, 0.25) is 0 Å². The first kappa shape index (κ1) is 32.1. The van der Waals surface area contributed by atoms with Gasteiger partial charge in [0, 0.05) is 49.5 Å². The summed E-state index contributed by atoms with van der Waals surface area (Å²) in [5, 5.41) is 11.3. The number of carbonyl (C=O) groups excluding carboxylic acids is 2. The molecule has 49 heavy (non-hydrogen) atoms. The van der Waals surface area contributed by atoms with Gasteiger partial charge in [-0.25, -0.2) is 28.5 Å². The molecule has 1 N–H and O–H groups in total. The third-order valence-corrected chi connectivity index (χ3v) is 10.8. The highest BCUT2D eigenvalue weighted by Gasteiger charge is 2.59. The Morgan fingerprint density at radius 2 is 1.73 bits per heavy atom. The third-order valence-electron chi connectivity index (χ3n) is 10.8. The van der Waals surface area contributed by atoms with Crippen LogP contribution in [-0.2, 0) is 36.1 Å². The van der Waals surface area contributed by atoms with Crippen LogP contribution in [-0.4, -0.2) is 54.4 Å². The van der Waals surface area contributed by atoms with Crippen LogP contribution in [0, 0.1) is 18.3 Å².